The highest BCUT2D eigenvalue weighted by Gasteiger charge is 2.27. The molecule has 1 aliphatic rings. The van der Waals surface area contributed by atoms with Crippen LogP contribution in [0.5, 0.6) is 0 Å². The maximum absolute atomic E-state index is 12.2. The van der Waals surface area contributed by atoms with Crippen molar-refractivity contribution in [3.8, 4) is 0 Å². The van der Waals surface area contributed by atoms with Crippen molar-refractivity contribution < 1.29 is 4.79 Å². The first-order chi connectivity index (χ1) is 7.59. The summed E-state index contributed by atoms with van der Waals surface area (Å²) in [7, 11) is 0. The summed E-state index contributed by atoms with van der Waals surface area (Å²) >= 11 is 5.94. The molecule has 0 spiro atoms. The number of hydrogen-bond donors (Lipinski definition) is 0. The molecule has 1 saturated heterocycles. The maximum atomic E-state index is 12.2. The fraction of sp³-hybridized carbons (Fsp3) is 0.545. The van der Waals surface area contributed by atoms with Crippen LogP contribution in [-0.4, -0.2) is 33.9 Å². The third-order valence-electron chi connectivity index (χ3n) is 2.92. The van der Waals surface area contributed by atoms with Gasteiger partial charge in [0.25, 0.3) is 5.91 Å². The van der Waals surface area contributed by atoms with Gasteiger partial charge in [0.1, 0.15) is 11.5 Å². The Balaban J connectivity index is 2.27. The first-order valence-corrected chi connectivity index (χ1v) is 5.73. The molecule has 2 rings (SSSR count). The molecule has 0 radical (unpaired) electrons. The Hall–Kier alpha value is -1.16. The van der Waals surface area contributed by atoms with E-state index in [0.717, 1.165) is 19.5 Å². The Morgan fingerprint density at radius 3 is 2.88 bits per heavy atom. The second-order valence-corrected chi connectivity index (χ2v) is 4.63. The molecule has 2 heterocycles. The summed E-state index contributed by atoms with van der Waals surface area (Å²) in [6.45, 7) is 5.51. The van der Waals surface area contributed by atoms with Gasteiger partial charge >= 0.3 is 0 Å². The molecule has 1 aromatic rings. The number of carbonyl (C=O) groups excluding carboxylic acids is 1. The van der Waals surface area contributed by atoms with Gasteiger partial charge in [0.05, 0.1) is 11.3 Å². The first-order valence-electron chi connectivity index (χ1n) is 5.36. The molecule has 0 aromatic carbocycles. The zero-order valence-corrected chi connectivity index (χ0v) is 10.2. The minimum atomic E-state index is -0.0487. The highest BCUT2D eigenvalue weighted by molar-refractivity contribution is 6.32. The fourth-order valence-electron chi connectivity index (χ4n) is 1.97. The second kappa shape index (κ2) is 4.37. The van der Waals surface area contributed by atoms with E-state index in [1.165, 1.54) is 6.33 Å². The SMILES string of the molecule is Cc1ncnc(Cl)c1C(=O)N1CCC(C)C1. The number of amides is 1. The fourth-order valence-corrected chi connectivity index (χ4v) is 2.23. The molecule has 5 heteroatoms. The molecule has 4 nitrogen and oxygen atoms in total. The normalized spacial score (nSPS) is 20.2. The van der Waals surface area contributed by atoms with E-state index in [2.05, 4.69) is 16.9 Å². The topological polar surface area (TPSA) is 46.1 Å². The van der Waals surface area contributed by atoms with E-state index in [1.54, 1.807) is 6.92 Å². The lowest BCUT2D eigenvalue weighted by atomic mass is 10.2. The van der Waals surface area contributed by atoms with Crippen LogP contribution in [0.25, 0.3) is 0 Å². The molecule has 0 bridgehead atoms. The molecule has 1 aliphatic heterocycles. The second-order valence-electron chi connectivity index (χ2n) is 4.27. The van der Waals surface area contributed by atoms with Crippen molar-refractivity contribution in [1.82, 2.24) is 14.9 Å². The van der Waals surface area contributed by atoms with Gasteiger partial charge in [0.2, 0.25) is 0 Å². The number of aryl methyl sites for hydroxylation is 1. The van der Waals surface area contributed by atoms with Crippen LogP contribution in [0, 0.1) is 12.8 Å². The lowest BCUT2D eigenvalue weighted by Gasteiger charge is -2.17. The van der Waals surface area contributed by atoms with Crippen molar-refractivity contribution in [3.05, 3.63) is 22.7 Å². The minimum Gasteiger partial charge on any atom is -0.338 e. The van der Waals surface area contributed by atoms with E-state index in [-0.39, 0.29) is 11.1 Å². The van der Waals surface area contributed by atoms with Crippen molar-refractivity contribution >= 4 is 17.5 Å². The van der Waals surface area contributed by atoms with Gasteiger partial charge in [-0.15, -0.1) is 0 Å². The Bertz CT molecular complexity index is 401. The molecule has 1 aromatic heterocycles. The van der Waals surface area contributed by atoms with E-state index >= 15 is 0 Å². The Kier molecular flexibility index (Phi) is 3.10. The van der Waals surface area contributed by atoms with Crippen molar-refractivity contribution in [2.24, 2.45) is 5.92 Å². The molecule has 0 saturated carbocycles. The summed E-state index contributed by atoms with van der Waals surface area (Å²) in [5.41, 5.74) is 1.09. The van der Waals surface area contributed by atoms with Gasteiger partial charge in [-0.2, -0.15) is 0 Å². The molecule has 1 fully saturated rings. The average molecular weight is 240 g/mol. The van der Waals surface area contributed by atoms with Gasteiger partial charge in [-0.05, 0) is 19.3 Å². The van der Waals surface area contributed by atoms with Crippen molar-refractivity contribution in [2.75, 3.05) is 13.1 Å². The van der Waals surface area contributed by atoms with Gasteiger partial charge in [-0.25, -0.2) is 9.97 Å². The van der Waals surface area contributed by atoms with Gasteiger partial charge in [0, 0.05) is 13.1 Å². The van der Waals surface area contributed by atoms with Crippen LogP contribution in [0.2, 0.25) is 5.15 Å². The summed E-state index contributed by atoms with van der Waals surface area (Å²) in [4.78, 5) is 21.9. The summed E-state index contributed by atoms with van der Waals surface area (Å²) in [5, 5.41) is 0.247. The highest BCUT2D eigenvalue weighted by Crippen LogP contribution is 2.22. The van der Waals surface area contributed by atoms with Gasteiger partial charge < -0.3 is 4.90 Å². The Labute approximate surface area is 99.6 Å². The van der Waals surface area contributed by atoms with Gasteiger partial charge in [-0.1, -0.05) is 18.5 Å². The lowest BCUT2D eigenvalue weighted by Crippen LogP contribution is -2.29. The van der Waals surface area contributed by atoms with E-state index in [9.17, 15) is 4.79 Å². The smallest absolute Gasteiger partial charge is 0.258 e. The molecule has 0 N–H and O–H groups in total. The van der Waals surface area contributed by atoms with Gasteiger partial charge in [0.15, 0.2) is 0 Å². The number of carbonyl (C=O) groups is 1. The van der Waals surface area contributed by atoms with Crippen LogP contribution in [0.3, 0.4) is 0 Å². The predicted octanol–water partition coefficient (Wildman–Crippen LogP) is 1.92. The van der Waals surface area contributed by atoms with Crippen LogP contribution >= 0.6 is 11.6 Å². The quantitative estimate of drug-likeness (QED) is 0.704. The molecule has 1 unspecified atom stereocenters. The van der Waals surface area contributed by atoms with Crippen LogP contribution in [0.4, 0.5) is 0 Å². The van der Waals surface area contributed by atoms with Gasteiger partial charge in [-0.3, -0.25) is 4.79 Å². The lowest BCUT2D eigenvalue weighted by molar-refractivity contribution is 0.0786. The van der Waals surface area contributed by atoms with E-state index in [1.807, 2.05) is 4.90 Å². The molecule has 1 atom stereocenters. The molecular formula is C11H14ClN3O. The molecule has 86 valence electrons. The summed E-state index contributed by atoms with van der Waals surface area (Å²) in [6, 6.07) is 0. The maximum Gasteiger partial charge on any atom is 0.258 e. The zero-order valence-electron chi connectivity index (χ0n) is 9.40. The largest absolute Gasteiger partial charge is 0.338 e. The molecular weight excluding hydrogens is 226 g/mol. The monoisotopic (exact) mass is 239 g/mol. The van der Waals surface area contributed by atoms with E-state index < -0.39 is 0 Å². The Morgan fingerprint density at radius 2 is 2.31 bits per heavy atom. The summed E-state index contributed by atoms with van der Waals surface area (Å²) in [6.07, 6.45) is 2.43. The first kappa shape index (κ1) is 11.3. The minimum absolute atomic E-state index is 0.0487. The number of hydrogen-bond acceptors (Lipinski definition) is 3. The number of nitrogens with zero attached hydrogens (tertiary/aromatic N) is 3. The highest BCUT2D eigenvalue weighted by atomic mass is 35.5. The predicted molar refractivity (Wildman–Crippen MR) is 61.5 cm³/mol. The van der Waals surface area contributed by atoms with E-state index in [0.29, 0.717) is 17.2 Å². The number of likely N-dealkylation sites (tertiary alicyclic amines) is 1. The average Bonchev–Trinajstić information content (AvgIpc) is 2.64. The Morgan fingerprint density at radius 1 is 1.56 bits per heavy atom. The summed E-state index contributed by atoms with van der Waals surface area (Å²) in [5.74, 6) is 0.514. The number of rotatable bonds is 1. The standard InChI is InChI=1S/C11H14ClN3O/c1-7-3-4-15(5-7)11(16)9-8(2)13-6-14-10(9)12/h6-7H,3-5H2,1-2H3. The third-order valence-corrected chi connectivity index (χ3v) is 3.20. The molecule has 0 aliphatic carbocycles. The van der Waals surface area contributed by atoms with Crippen molar-refractivity contribution in [2.45, 2.75) is 20.3 Å². The summed E-state index contributed by atoms with van der Waals surface area (Å²) < 4.78 is 0. The number of aromatic nitrogens is 2. The van der Waals surface area contributed by atoms with Crippen LogP contribution in [0.15, 0.2) is 6.33 Å². The molecule has 1 amide bonds. The van der Waals surface area contributed by atoms with E-state index in [4.69, 9.17) is 11.6 Å². The number of halogens is 1. The van der Waals surface area contributed by atoms with Crippen LogP contribution in [0.1, 0.15) is 29.4 Å². The van der Waals surface area contributed by atoms with Crippen LogP contribution < -0.4 is 0 Å². The zero-order chi connectivity index (χ0) is 11.7. The van der Waals surface area contributed by atoms with Crippen molar-refractivity contribution in [3.63, 3.8) is 0 Å². The third kappa shape index (κ3) is 2.02. The van der Waals surface area contributed by atoms with Crippen LogP contribution in [-0.2, 0) is 0 Å². The van der Waals surface area contributed by atoms with Crippen molar-refractivity contribution in [1.29, 1.82) is 0 Å². The molecule has 16 heavy (non-hydrogen) atoms.